The van der Waals surface area contributed by atoms with Crippen molar-refractivity contribution in [3.05, 3.63) is 58.7 Å². The standard InChI is InChI=1S/C16H6N4O2S/c17-7-11-1-3-15(5-13(11)9-19)23(21,22)16-4-2-12(8-18)14(6-16)10-20/h1-6H. The molecule has 0 heterocycles. The predicted octanol–water partition coefficient (Wildman–Crippen LogP) is 2.01. The van der Waals surface area contributed by atoms with Crippen LogP contribution in [0, 0.1) is 45.3 Å². The summed E-state index contributed by atoms with van der Waals surface area (Å²) in [6.45, 7) is 0. The monoisotopic (exact) mass is 318 g/mol. The van der Waals surface area contributed by atoms with Crippen LogP contribution in [-0.4, -0.2) is 8.42 Å². The molecule has 0 unspecified atom stereocenters. The van der Waals surface area contributed by atoms with Gasteiger partial charge in [-0.05, 0) is 36.4 Å². The molecule has 0 radical (unpaired) electrons. The van der Waals surface area contributed by atoms with E-state index in [1.807, 2.05) is 0 Å². The van der Waals surface area contributed by atoms with Crippen LogP contribution in [0.4, 0.5) is 0 Å². The maximum Gasteiger partial charge on any atom is 0.206 e. The lowest BCUT2D eigenvalue weighted by molar-refractivity contribution is 0.596. The Bertz CT molecular complexity index is 994. The van der Waals surface area contributed by atoms with Gasteiger partial charge in [0.25, 0.3) is 0 Å². The Kier molecular flexibility index (Phi) is 4.10. The lowest BCUT2D eigenvalue weighted by atomic mass is 10.1. The Morgan fingerprint density at radius 1 is 0.609 bits per heavy atom. The van der Waals surface area contributed by atoms with Gasteiger partial charge in [0.05, 0.1) is 32.0 Å². The summed E-state index contributed by atoms with van der Waals surface area (Å²) < 4.78 is 25.2. The van der Waals surface area contributed by atoms with Crippen LogP contribution in [0.5, 0.6) is 0 Å². The van der Waals surface area contributed by atoms with Gasteiger partial charge in [0.2, 0.25) is 9.84 Å². The molecule has 0 aliphatic rings. The second-order valence-corrected chi connectivity index (χ2v) is 6.32. The number of nitriles is 4. The minimum atomic E-state index is -3.98. The summed E-state index contributed by atoms with van der Waals surface area (Å²) in [4.78, 5) is -0.330. The Hall–Kier alpha value is -3.65. The maximum absolute atomic E-state index is 12.6. The first-order chi connectivity index (χ1) is 11.0. The van der Waals surface area contributed by atoms with E-state index in [2.05, 4.69) is 0 Å². The van der Waals surface area contributed by atoms with Crippen molar-refractivity contribution >= 4 is 9.84 Å². The summed E-state index contributed by atoms with van der Waals surface area (Å²) in [5, 5.41) is 35.7. The highest BCUT2D eigenvalue weighted by atomic mass is 32.2. The second kappa shape index (κ2) is 6.00. The van der Waals surface area contributed by atoms with Gasteiger partial charge in [-0.25, -0.2) is 8.42 Å². The predicted molar refractivity (Wildman–Crippen MR) is 77.2 cm³/mol. The Morgan fingerprint density at radius 2 is 0.957 bits per heavy atom. The highest BCUT2D eigenvalue weighted by molar-refractivity contribution is 7.91. The molecule has 0 aliphatic carbocycles. The van der Waals surface area contributed by atoms with Gasteiger partial charge in [0.15, 0.2) is 0 Å². The minimum absolute atomic E-state index is 0.0530. The van der Waals surface area contributed by atoms with E-state index in [0.717, 1.165) is 12.1 Å². The molecule has 0 N–H and O–H groups in total. The van der Waals surface area contributed by atoms with Gasteiger partial charge < -0.3 is 0 Å². The smallest absolute Gasteiger partial charge is 0.206 e. The molecule has 7 heteroatoms. The third-order valence-corrected chi connectivity index (χ3v) is 4.83. The number of benzene rings is 2. The largest absolute Gasteiger partial charge is 0.219 e. The number of sulfone groups is 1. The summed E-state index contributed by atoms with van der Waals surface area (Å²) in [7, 11) is -3.98. The highest BCUT2D eigenvalue weighted by Crippen LogP contribution is 2.24. The summed E-state index contributed by atoms with van der Waals surface area (Å²) in [5.74, 6) is 0. The van der Waals surface area contributed by atoms with Crippen LogP contribution < -0.4 is 0 Å². The molecular weight excluding hydrogens is 312 g/mol. The highest BCUT2D eigenvalue weighted by Gasteiger charge is 2.20. The van der Waals surface area contributed by atoms with E-state index < -0.39 is 9.84 Å². The van der Waals surface area contributed by atoms with Gasteiger partial charge in [-0.2, -0.15) is 21.0 Å². The van der Waals surface area contributed by atoms with Crippen LogP contribution in [0.3, 0.4) is 0 Å². The molecule has 0 amide bonds. The van der Waals surface area contributed by atoms with E-state index in [9.17, 15) is 8.42 Å². The summed E-state index contributed by atoms with van der Waals surface area (Å²) in [6.07, 6.45) is 0. The van der Waals surface area contributed by atoms with E-state index in [0.29, 0.717) is 0 Å². The van der Waals surface area contributed by atoms with Crippen molar-refractivity contribution in [3.63, 3.8) is 0 Å². The summed E-state index contributed by atoms with van der Waals surface area (Å²) in [6, 6.07) is 14.3. The summed E-state index contributed by atoms with van der Waals surface area (Å²) in [5.41, 5.74) is 0.0402. The molecule has 2 rings (SSSR count). The van der Waals surface area contributed by atoms with Crippen LogP contribution in [0.15, 0.2) is 46.2 Å². The zero-order valence-corrected chi connectivity index (χ0v) is 12.3. The first-order valence-corrected chi connectivity index (χ1v) is 7.60. The average molecular weight is 318 g/mol. The fourth-order valence-corrected chi connectivity index (χ4v) is 3.21. The van der Waals surface area contributed by atoms with Crippen molar-refractivity contribution in [1.29, 1.82) is 21.0 Å². The van der Waals surface area contributed by atoms with Crippen molar-refractivity contribution in [3.8, 4) is 24.3 Å². The molecule has 0 spiro atoms. The van der Waals surface area contributed by atoms with Gasteiger partial charge in [0.1, 0.15) is 24.3 Å². The fourth-order valence-electron chi connectivity index (χ4n) is 1.90. The Morgan fingerprint density at radius 3 is 1.26 bits per heavy atom. The van der Waals surface area contributed by atoms with Gasteiger partial charge in [0, 0.05) is 0 Å². The SMILES string of the molecule is N#Cc1ccc(S(=O)(=O)c2ccc(C#N)c(C#N)c2)cc1C#N. The third kappa shape index (κ3) is 2.74. The van der Waals surface area contributed by atoms with Crippen molar-refractivity contribution in [1.82, 2.24) is 0 Å². The molecule has 0 bridgehead atoms. The van der Waals surface area contributed by atoms with Crippen molar-refractivity contribution in [2.45, 2.75) is 9.79 Å². The first kappa shape index (κ1) is 15.7. The molecule has 0 aliphatic heterocycles. The normalized spacial score (nSPS) is 9.91. The molecule has 0 atom stereocenters. The Labute approximate surface area is 132 Å². The van der Waals surface area contributed by atoms with Gasteiger partial charge in [-0.1, -0.05) is 0 Å². The van der Waals surface area contributed by atoms with Crippen LogP contribution in [-0.2, 0) is 9.84 Å². The number of hydrogen-bond donors (Lipinski definition) is 0. The number of nitrogens with zero attached hydrogens (tertiary/aromatic N) is 4. The fraction of sp³-hybridized carbons (Fsp3) is 0. The molecular formula is C16H6N4O2S. The van der Waals surface area contributed by atoms with Crippen molar-refractivity contribution < 1.29 is 8.42 Å². The van der Waals surface area contributed by atoms with E-state index in [1.165, 1.54) is 24.3 Å². The van der Waals surface area contributed by atoms with E-state index in [1.54, 1.807) is 24.3 Å². The van der Waals surface area contributed by atoms with Crippen LogP contribution in [0.1, 0.15) is 22.3 Å². The molecule has 0 aromatic heterocycles. The molecule has 0 saturated heterocycles. The van der Waals surface area contributed by atoms with Gasteiger partial charge in [-0.3, -0.25) is 0 Å². The van der Waals surface area contributed by atoms with Crippen LogP contribution in [0.2, 0.25) is 0 Å². The molecule has 23 heavy (non-hydrogen) atoms. The van der Waals surface area contributed by atoms with E-state index >= 15 is 0 Å². The van der Waals surface area contributed by atoms with Crippen LogP contribution >= 0.6 is 0 Å². The van der Waals surface area contributed by atoms with Gasteiger partial charge >= 0.3 is 0 Å². The zero-order valence-electron chi connectivity index (χ0n) is 11.5. The average Bonchev–Trinajstić information content (AvgIpc) is 2.60. The summed E-state index contributed by atoms with van der Waals surface area (Å²) >= 11 is 0. The van der Waals surface area contributed by atoms with Crippen LogP contribution in [0.25, 0.3) is 0 Å². The van der Waals surface area contributed by atoms with E-state index in [4.69, 9.17) is 21.0 Å². The second-order valence-electron chi connectivity index (χ2n) is 4.37. The lowest BCUT2D eigenvalue weighted by Gasteiger charge is -2.06. The van der Waals surface area contributed by atoms with Gasteiger partial charge in [-0.15, -0.1) is 0 Å². The molecule has 6 nitrogen and oxygen atoms in total. The van der Waals surface area contributed by atoms with E-state index in [-0.39, 0.29) is 32.0 Å². The van der Waals surface area contributed by atoms with Crippen molar-refractivity contribution in [2.24, 2.45) is 0 Å². The maximum atomic E-state index is 12.6. The molecule has 2 aromatic rings. The first-order valence-electron chi connectivity index (χ1n) is 6.11. The van der Waals surface area contributed by atoms with Crippen molar-refractivity contribution in [2.75, 3.05) is 0 Å². The number of hydrogen-bond acceptors (Lipinski definition) is 6. The Balaban J connectivity index is 2.66. The topological polar surface area (TPSA) is 129 Å². The quantitative estimate of drug-likeness (QED) is 0.832. The third-order valence-electron chi connectivity index (χ3n) is 3.08. The molecule has 108 valence electrons. The minimum Gasteiger partial charge on any atom is -0.219 e. The zero-order chi connectivity index (χ0) is 17.0. The molecule has 0 saturated carbocycles. The lowest BCUT2D eigenvalue weighted by Crippen LogP contribution is -2.04. The molecule has 2 aromatic carbocycles. The molecule has 0 fully saturated rings. The number of rotatable bonds is 2.